The van der Waals surface area contributed by atoms with Gasteiger partial charge in [0.2, 0.25) is 0 Å². The number of ether oxygens (including phenoxy) is 1. The van der Waals surface area contributed by atoms with E-state index < -0.39 is 32.1 Å². The van der Waals surface area contributed by atoms with Crippen molar-refractivity contribution in [3.8, 4) is 5.75 Å². The second-order valence-corrected chi connectivity index (χ2v) is 8.25. The molecule has 1 aliphatic rings. The average molecular weight is 449 g/mol. The molecule has 0 bridgehead atoms. The summed E-state index contributed by atoms with van der Waals surface area (Å²) < 4.78 is 30.7. The van der Waals surface area contributed by atoms with Gasteiger partial charge in [0.25, 0.3) is 0 Å². The van der Waals surface area contributed by atoms with E-state index in [0.717, 1.165) is 5.56 Å². The van der Waals surface area contributed by atoms with Gasteiger partial charge in [0.15, 0.2) is 11.0 Å². The van der Waals surface area contributed by atoms with E-state index in [-0.39, 0.29) is 6.61 Å². The minimum Gasteiger partial charge on any atom is -0.426 e. The van der Waals surface area contributed by atoms with Gasteiger partial charge in [0.05, 0.1) is 6.61 Å². The van der Waals surface area contributed by atoms with Gasteiger partial charge in [-0.3, -0.25) is 9.09 Å². The Morgan fingerprint density at radius 3 is 2.78 bits per heavy atom. The largest absolute Gasteiger partial charge is 0.426 e. The topological polar surface area (TPSA) is 85.7 Å². The number of para-hydroxylation sites is 1. The maximum atomic E-state index is 12.0. The fourth-order valence-corrected chi connectivity index (χ4v) is 4.11. The zero-order valence-electron chi connectivity index (χ0n) is 14.2. The van der Waals surface area contributed by atoms with Gasteiger partial charge in [-0.15, -0.1) is 11.6 Å². The van der Waals surface area contributed by atoms with Crippen molar-refractivity contribution < 1.29 is 23.5 Å². The van der Waals surface area contributed by atoms with Crippen LogP contribution in [0.15, 0.2) is 36.5 Å². The van der Waals surface area contributed by atoms with E-state index in [1.807, 2.05) is 13.0 Å². The van der Waals surface area contributed by atoms with Crippen molar-refractivity contribution >= 4 is 44.3 Å². The number of hydrogen-bond donors (Lipinski definition) is 2. The van der Waals surface area contributed by atoms with Gasteiger partial charge in [-0.1, -0.05) is 30.4 Å². The summed E-state index contributed by atoms with van der Waals surface area (Å²) in [6, 6.07) is 8.67. The molecule has 0 radical (unpaired) electrons. The third-order valence-electron chi connectivity index (χ3n) is 4.02. The van der Waals surface area contributed by atoms with E-state index in [1.54, 1.807) is 35.0 Å². The number of rotatable bonds is 6. The van der Waals surface area contributed by atoms with Crippen molar-refractivity contribution in [1.29, 1.82) is 0 Å². The van der Waals surface area contributed by atoms with Crippen LogP contribution in [0.4, 0.5) is 0 Å². The number of benzene rings is 1. The predicted octanol–water partition coefficient (Wildman–Crippen LogP) is 3.93. The molecule has 27 heavy (non-hydrogen) atoms. The molecule has 1 saturated heterocycles. The van der Waals surface area contributed by atoms with Gasteiger partial charge in [-0.05, 0) is 31.3 Å². The van der Waals surface area contributed by atoms with E-state index in [1.165, 1.54) is 0 Å². The molecule has 1 aromatic heterocycles. The van der Waals surface area contributed by atoms with Crippen molar-refractivity contribution in [3.63, 3.8) is 0 Å². The molecule has 2 unspecified atom stereocenters. The van der Waals surface area contributed by atoms with Crippen LogP contribution in [-0.2, 0) is 13.8 Å². The van der Waals surface area contributed by atoms with E-state index in [2.05, 4.69) is 4.98 Å². The van der Waals surface area contributed by atoms with Crippen LogP contribution in [0.3, 0.4) is 0 Å². The number of aromatic amines is 1. The van der Waals surface area contributed by atoms with Crippen LogP contribution in [-0.4, -0.2) is 38.8 Å². The number of aliphatic hydroxyl groups excluding tert-OH is 1. The van der Waals surface area contributed by atoms with Crippen LogP contribution < -0.4 is 4.52 Å². The summed E-state index contributed by atoms with van der Waals surface area (Å²) in [5.41, 5.74) is 0.793. The average Bonchev–Trinajstić information content (AvgIpc) is 2.92. The highest BCUT2D eigenvalue weighted by Crippen LogP contribution is 2.36. The molecule has 11 heteroatoms. The number of H-pyrrole nitrogens is 1. The molecule has 7 nitrogen and oxygen atoms in total. The summed E-state index contributed by atoms with van der Waals surface area (Å²) in [5, 5.41) is 9.59. The van der Waals surface area contributed by atoms with Crippen molar-refractivity contribution in [2.24, 2.45) is 0 Å². The Labute approximate surface area is 171 Å². The lowest BCUT2D eigenvalue weighted by atomic mass is 10.2. The lowest BCUT2D eigenvalue weighted by Crippen LogP contribution is -2.30. The highest BCUT2D eigenvalue weighted by Gasteiger charge is 2.44. The summed E-state index contributed by atoms with van der Waals surface area (Å²) >= 11 is 16.7. The number of nitrogens with one attached hydrogen (secondary N) is 1. The molecular weight excluding hydrogens is 431 g/mol. The Morgan fingerprint density at radius 2 is 2.07 bits per heavy atom. The highest BCUT2D eigenvalue weighted by molar-refractivity contribution is 7.72. The number of aromatic nitrogens is 2. The second kappa shape index (κ2) is 8.96. The molecule has 5 atom stereocenters. The Morgan fingerprint density at radius 1 is 1.37 bits per heavy atom. The first-order valence-electron chi connectivity index (χ1n) is 8.06. The minimum absolute atomic E-state index is 0.138. The van der Waals surface area contributed by atoms with Crippen LogP contribution in [0.25, 0.3) is 0 Å². The summed E-state index contributed by atoms with van der Waals surface area (Å²) in [7, 11) is -2.80. The lowest BCUT2D eigenvalue weighted by molar-refractivity contribution is -0.0403. The quantitative estimate of drug-likeness (QED) is 0.393. The van der Waals surface area contributed by atoms with Crippen LogP contribution in [0.5, 0.6) is 5.75 Å². The maximum absolute atomic E-state index is 12.0. The molecule has 0 amide bonds. The number of aliphatic hydroxyl groups is 1. The van der Waals surface area contributed by atoms with E-state index in [9.17, 15) is 9.67 Å². The molecule has 0 aliphatic carbocycles. The monoisotopic (exact) mass is 448 g/mol. The third kappa shape index (κ3) is 4.86. The maximum Gasteiger partial charge on any atom is 0.367 e. The number of alkyl halides is 1. The molecule has 1 aromatic carbocycles. The molecule has 1 aliphatic heterocycles. The smallest absolute Gasteiger partial charge is 0.367 e. The molecule has 2 heterocycles. The van der Waals surface area contributed by atoms with Crippen LogP contribution in [0.1, 0.15) is 11.8 Å². The summed E-state index contributed by atoms with van der Waals surface area (Å²) in [5.74, 6) is 0.434. The number of halogens is 1. The number of nitrogens with zero attached hydrogens (tertiary/aromatic N) is 1. The first-order valence-corrected chi connectivity index (χ1v) is 10.5. The standard InChI is InChI=1S/C16H18ClN2O5PS2/c1-9-7-19(16(27)18-14(9)26)15-12(17)13(20)11(23-15)8-22-25(21)24-10-5-3-2-4-6-10/h2-7,11-13,15,20,25H,8H2,1H3,(H,18,26,27)/t11-,12+,13?,15-/m0/s1. The van der Waals surface area contributed by atoms with Gasteiger partial charge in [0.1, 0.15) is 28.0 Å². The van der Waals surface area contributed by atoms with Gasteiger partial charge in [-0.25, -0.2) is 4.57 Å². The van der Waals surface area contributed by atoms with Crippen LogP contribution >= 0.6 is 44.3 Å². The molecular formula is C16H18ClN2O5PS2. The van der Waals surface area contributed by atoms with Crippen molar-refractivity contribution in [2.45, 2.75) is 30.7 Å². The molecule has 2 N–H and O–H groups in total. The Balaban J connectivity index is 1.65. The predicted molar refractivity (Wildman–Crippen MR) is 107 cm³/mol. The first-order chi connectivity index (χ1) is 12.9. The molecule has 3 rings (SSSR count). The van der Waals surface area contributed by atoms with Gasteiger partial charge in [0, 0.05) is 11.8 Å². The van der Waals surface area contributed by atoms with Crippen molar-refractivity contribution in [2.75, 3.05) is 6.61 Å². The number of aryl methyl sites for hydroxylation is 1. The Bertz CT molecular complexity index is 938. The van der Waals surface area contributed by atoms with E-state index in [0.29, 0.717) is 15.2 Å². The molecule has 0 spiro atoms. The highest BCUT2D eigenvalue weighted by atomic mass is 35.5. The van der Waals surface area contributed by atoms with E-state index in [4.69, 9.17) is 49.8 Å². The van der Waals surface area contributed by atoms with Gasteiger partial charge in [-0.2, -0.15) is 0 Å². The molecule has 2 aromatic rings. The summed E-state index contributed by atoms with van der Waals surface area (Å²) in [4.78, 5) is 2.89. The van der Waals surface area contributed by atoms with Crippen molar-refractivity contribution in [1.82, 2.24) is 9.55 Å². The first kappa shape index (κ1) is 20.7. The van der Waals surface area contributed by atoms with E-state index >= 15 is 0 Å². The molecule has 1 fully saturated rings. The van der Waals surface area contributed by atoms with Crippen molar-refractivity contribution in [3.05, 3.63) is 51.5 Å². The minimum atomic E-state index is -2.80. The third-order valence-corrected chi connectivity index (χ3v) is 6.04. The second-order valence-electron chi connectivity index (χ2n) is 5.95. The molecule has 0 saturated carbocycles. The fraction of sp³-hybridized carbons (Fsp3) is 0.375. The number of hydrogen-bond acceptors (Lipinski definition) is 7. The SMILES string of the molecule is Cc1cn([C@H]2O[C@@H](CO[PH](=O)Oc3ccccc3)C(O)[C@H]2Cl)c(=S)[nH]c1=S. The van der Waals surface area contributed by atoms with Crippen LogP contribution in [0.2, 0.25) is 0 Å². The van der Waals surface area contributed by atoms with Gasteiger partial charge < -0.3 is 19.4 Å². The molecule has 146 valence electrons. The Hall–Kier alpha value is -1.06. The van der Waals surface area contributed by atoms with Gasteiger partial charge >= 0.3 is 8.25 Å². The lowest BCUT2D eigenvalue weighted by Gasteiger charge is -2.18. The summed E-state index contributed by atoms with van der Waals surface area (Å²) in [6.45, 7) is 1.69. The Kier molecular flexibility index (Phi) is 6.86. The van der Waals surface area contributed by atoms with Crippen LogP contribution in [0, 0.1) is 16.3 Å². The zero-order chi connectivity index (χ0) is 19.6. The zero-order valence-corrected chi connectivity index (χ0v) is 17.6. The summed E-state index contributed by atoms with van der Waals surface area (Å²) in [6.07, 6.45) is -0.811. The fourth-order valence-electron chi connectivity index (χ4n) is 2.60. The normalized spacial score (nSPS) is 26.0.